The van der Waals surface area contributed by atoms with Gasteiger partial charge in [0, 0.05) is 19.6 Å². The van der Waals surface area contributed by atoms with Crippen molar-refractivity contribution in [3.05, 3.63) is 0 Å². The highest BCUT2D eigenvalue weighted by Crippen LogP contribution is 1.97. The normalized spacial score (nSPS) is 10.3. The topological polar surface area (TPSA) is 61.4 Å². The van der Waals surface area contributed by atoms with E-state index in [1.807, 2.05) is 7.05 Å². The lowest BCUT2D eigenvalue weighted by Gasteiger charge is -2.04. The Morgan fingerprint density at radius 1 is 1.07 bits per heavy atom. The summed E-state index contributed by atoms with van der Waals surface area (Å²) in [5.74, 6) is 0.146. The first-order chi connectivity index (χ1) is 7.31. The van der Waals surface area contributed by atoms with Crippen LogP contribution in [0.15, 0.2) is 0 Å². The van der Waals surface area contributed by atoms with Crippen molar-refractivity contribution in [2.75, 3.05) is 26.7 Å². The molecule has 15 heavy (non-hydrogen) atoms. The van der Waals surface area contributed by atoms with E-state index < -0.39 is 0 Å². The van der Waals surface area contributed by atoms with Gasteiger partial charge >= 0.3 is 0 Å². The Kier molecular flexibility index (Phi) is 11.0. The van der Waals surface area contributed by atoms with E-state index in [1.54, 1.807) is 0 Å². The predicted molar refractivity (Wildman–Crippen MR) is 61.7 cm³/mol. The molecular formula is C11H24N2O2. The van der Waals surface area contributed by atoms with E-state index >= 15 is 0 Å². The number of amides is 1. The van der Waals surface area contributed by atoms with E-state index in [4.69, 9.17) is 5.11 Å². The van der Waals surface area contributed by atoms with Gasteiger partial charge in [-0.05, 0) is 32.9 Å². The van der Waals surface area contributed by atoms with Gasteiger partial charge in [0.05, 0.1) is 0 Å². The van der Waals surface area contributed by atoms with Crippen LogP contribution in [0.1, 0.15) is 38.5 Å². The number of unbranched alkanes of at least 4 members (excludes halogenated alkanes) is 3. The van der Waals surface area contributed by atoms with Crippen LogP contribution in [0.5, 0.6) is 0 Å². The molecule has 0 aromatic heterocycles. The van der Waals surface area contributed by atoms with Crippen molar-refractivity contribution >= 4 is 5.91 Å². The maximum Gasteiger partial charge on any atom is 0.220 e. The molecule has 0 bridgehead atoms. The molecule has 4 nitrogen and oxygen atoms in total. The van der Waals surface area contributed by atoms with E-state index in [9.17, 15) is 4.79 Å². The van der Waals surface area contributed by atoms with Crippen molar-refractivity contribution in [2.24, 2.45) is 0 Å². The Morgan fingerprint density at radius 2 is 1.80 bits per heavy atom. The molecule has 0 aliphatic carbocycles. The zero-order valence-electron chi connectivity index (χ0n) is 9.72. The highest BCUT2D eigenvalue weighted by molar-refractivity contribution is 5.75. The molecule has 0 spiro atoms. The lowest BCUT2D eigenvalue weighted by atomic mass is 10.2. The third kappa shape index (κ3) is 11.3. The summed E-state index contributed by atoms with van der Waals surface area (Å²) in [5.41, 5.74) is 0. The van der Waals surface area contributed by atoms with Gasteiger partial charge < -0.3 is 15.7 Å². The van der Waals surface area contributed by atoms with Gasteiger partial charge in [-0.15, -0.1) is 0 Å². The van der Waals surface area contributed by atoms with E-state index in [0.29, 0.717) is 6.42 Å². The number of aliphatic hydroxyl groups is 1. The lowest BCUT2D eigenvalue weighted by Crippen LogP contribution is -2.25. The average Bonchev–Trinajstić information content (AvgIpc) is 2.23. The number of aliphatic hydroxyl groups excluding tert-OH is 1. The first-order valence-corrected chi connectivity index (χ1v) is 5.83. The summed E-state index contributed by atoms with van der Waals surface area (Å²) in [5, 5.41) is 14.5. The van der Waals surface area contributed by atoms with Crippen molar-refractivity contribution in [3.8, 4) is 0 Å². The fourth-order valence-corrected chi connectivity index (χ4v) is 1.33. The molecule has 0 radical (unpaired) electrons. The van der Waals surface area contributed by atoms with E-state index in [0.717, 1.165) is 45.2 Å². The molecule has 3 N–H and O–H groups in total. The van der Waals surface area contributed by atoms with Crippen LogP contribution >= 0.6 is 0 Å². The molecule has 1 amide bonds. The molecular weight excluding hydrogens is 192 g/mol. The number of carbonyl (C=O) groups is 1. The van der Waals surface area contributed by atoms with Gasteiger partial charge in [-0.25, -0.2) is 0 Å². The molecule has 0 rings (SSSR count). The molecule has 0 aliphatic rings. The summed E-state index contributed by atoms with van der Waals surface area (Å²) in [4.78, 5) is 11.2. The van der Waals surface area contributed by atoms with Crippen LogP contribution in [0.25, 0.3) is 0 Å². The Hall–Kier alpha value is -0.610. The van der Waals surface area contributed by atoms with Gasteiger partial charge in [0.2, 0.25) is 5.91 Å². The molecule has 0 saturated carbocycles. The predicted octanol–water partition coefficient (Wildman–Crippen LogP) is 0.655. The average molecular weight is 216 g/mol. The fourth-order valence-electron chi connectivity index (χ4n) is 1.33. The Morgan fingerprint density at radius 3 is 2.47 bits per heavy atom. The highest BCUT2D eigenvalue weighted by atomic mass is 16.2. The maximum absolute atomic E-state index is 11.2. The van der Waals surface area contributed by atoms with E-state index in [1.165, 1.54) is 0 Å². The third-order valence-electron chi connectivity index (χ3n) is 2.24. The molecule has 0 aromatic rings. The molecule has 0 unspecified atom stereocenters. The van der Waals surface area contributed by atoms with Crippen LogP contribution in [-0.2, 0) is 4.79 Å². The number of hydrogen-bond acceptors (Lipinski definition) is 3. The first-order valence-electron chi connectivity index (χ1n) is 5.83. The summed E-state index contributed by atoms with van der Waals surface area (Å²) in [6.07, 6.45) is 5.52. The zero-order chi connectivity index (χ0) is 11.4. The highest BCUT2D eigenvalue weighted by Gasteiger charge is 1.98. The molecule has 0 saturated heterocycles. The summed E-state index contributed by atoms with van der Waals surface area (Å²) in [7, 11) is 1.89. The van der Waals surface area contributed by atoms with E-state index in [-0.39, 0.29) is 12.5 Å². The van der Waals surface area contributed by atoms with E-state index in [2.05, 4.69) is 10.6 Å². The van der Waals surface area contributed by atoms with Gasteiger partial charge in [-0.1, -0.05) is 12.8 Å². The van der Waals surface area contributed by atoms with Crippen LogP contribution < -0.4 is 10.6 Å². The summed E-state index contributed by atoms with van der Waals surface area (Å²) in [6.45, 7) is 1.93. The van der Waals surface area contributed by atoms with Crippen LogP contribution in [0, 0.1) is 0 Å². The standard InChI is InChI=1S/C11H24N2O2/c1-12-8-6-7-11(15)13-9-4-2-3-5-10-14/h12,14H,2-10H2,1H3,(H,13,15). The smallest absolute Gasteiger partial charge is 0.220 e. The second-order valence-electron chi connectivity index (χ2n) is 3.69. The summed E-state index contributed by atoms with van der Waals surface area (Å²) >= 11 is 0. The number of carbonyl (C=O) groups excluding carboxylic acids is 1. The molecule has 0 heterocycles. The molecule has 0 aromatic carbocycles. The molecule has 0 fully saturated rings. The van der Waals surface area contributed by atoms with Crippen molar-refractivity contribution in [2.45, 2.75) is 38.5 Å². The SMILES string of the molecule is CNCCCC(=O)NCCCCCCO. The minimum atomic E-state index is 0.146. The Labute approximate surface area is 92.4 Å². The second-order valence-corrected chi connectivity index (χ2v) is 3.69. The van der Waals surface area contributed by atoms with Gasteiger partial charge in [-0.2, -0.15) is 0 Å². The van der Waals surface area contributed by atoms with Crippen molar-refractivity contribution < 1.29 is 9.90 Å². The third-order valence-corrected chi connectivity index (χ3v) is 2.24. The van der Waals surface area contributed by atoms with Crippen LogP contribution in [-0.4, -0.2) is 37.8 Å². The second kappa shape index (κ2) is 11.5. The maximum atomic E-state index is 11.2. The minimum Gasteiger partial charge on any atom is -0.396 e. The van der Waals surface area contributed by atoms with Crippen molar-refractivity contribution in [1.29, 1.82) is 0 Å². The van der Waals surface area contributed by atoms with Crippen molar-refractivity contribution in [3.63, 3.8) is 0 Å². The monoisotopic (exact) mass is 216 g/mol. The lowest BCUT2D eigenvalue weighted by molar-refractivity contribution is -0.121. The largest absolute Gasteiger partial charge is 0.396 e. The van der Waals surface area contributed by atoms with Crippen molar-refractivity contribution in [1.82, 2.24) is 10.6 Å². The van der Waals surface area contributed by atoms with Gasteiger partial charge in [-0.3, -0.25) is 4.79 Å². The first kappa shape index (κ1) is 14.4. The van der Waals surface area contributed by atoms with Crippen LogP contribution in [0.2, 0.25) is 0 Å². The van der Waals surface area contributed by atoms with Crippen LogP contribution in [0.3, 0.4) is 0 Å². The number of nitrogens with one attached hydrogen (secondary N) is 2. The quantitative estimate of drug-likeness (QED) is 0.470. The minimum absolute atomic E-state index is 0.146. The number of hydrogen-bond donors (Lipinski definition) is 3. The van der Waals surface area contributed by atoms with Gasteiger partial charge in [0.1, 0.15) is 0 Å². The summed E-state index contributed by atoms with van der Waals surface area (Å²) in [6, 6.07) is 0. The number of rotatable bonds is 10. The van der Waals surface area contributed by atoms with Gasteiger partial charge in [0.25, 0.3) is 0 Å². The molecule has 90 valence electrons. The summed E-state index contributed by atoms with van der Waals surface area (Å²) < 4.78 is 0. The molecule has 0 aliphatic heterocycles. The van der Waals surface area contributed by atoms with Gasteiger partial charge in [0.15, 0.2) is 0 Å². The molecule has 0 atom stereocenters. The van der Waals surface area contributed by atoms with Crippen LogP contribution in [0.4, 0.5) is 0 Å². The Balaban J connectivity index is 3.10. The molecule has 4 heteroatoms. The zero-order valence-corrected chi connectivity index (χ0v) is 9.72. The Bertz CT molecular complexity index is 152. The fraction of sp³-hybridized carbons (Fsp3) is 0.909.